The fraction of sp³-hybridized carbons (Fsp3) is 0.692. The number of rotatable bonds is 5. The Morgan fingerprint density at radius 2 is 2.21 bits per heavy atom. The standard InChI is InChI=1S/C13H21NO4S/c1-9-4-3-5-11(9)7-14-19(16,17)13-6-12(8-15)18-10(13)2/h6,9,11,14-15H,3-5,7-8H2,1-2H3. The van der Waals surface area contributed by atoms with Crippen molar-refractivity contribution in [2.24, 2.45) is 11.8 Å². The lowest BCUT2D eigenvalue weighted by Gasteiger charge is -2.15. The van der Waals surface area contributed by atoms with Crippen molar-refractivity contribution in [1.82, 2.24) is 4.72 Å². The Morgan fingerprint density at radius 1 is 1.47 bits per heavy atom. The first-order chi connectivity index (χ1) is 8.94. The van der Waals surface area contributed by atoms with Gasteiger partial charge in [0.1, 0.15) is 23.0 Å². The van der Waals surface area contributed by atoms with E-state index in [1.165, 1.54) is 18.9 Å². The number of aliphatic hydroxyl groups is 1. The van der Waals surface area contributed by atoms with E-state index in [1.807, 2.05) is 0 Å². The van der Waals surface area contributed by atoms with Crippen molar-refractivity contribution in [3.63, 3.8) is 0 Å². The molecule has 0 aliphatic heterocycles. The summed E-state index contributed by atoms with van der Waals surface area (Å²) in [6.07, 6.45) is 3.43. The lowest BCUT2D eigenvalue weighted by Crippen LogP contribution is -2.30. The third kappa shape index (κ3) is 3.19. The molecule has 0 spiro atoms. The topological polar surface area (TPSA) is 79.5 Å². The zero-order chi connectivity index (χ0) is 14.0. The summed E-state index contributed by atoms with van der Waals surface area (Å²) < 4.78 is 32.2. The second-order valence-corrected chi connectivity index (χ2v) is 7.05. The van der Waals surface area contributed by atoms with Crippen molar-refractivity contribution >= 4 is 10.0 Å². The summed E-state index contributed by atoms with van der Waals surface area (Å²) in [5, 5.41) is 8.97. The monoisotopic (exact) mass is 287 g/mol. The Balaban J connectivity index is 2.07. The lowest BCUT2D eigenvalue weighted by molar-refractivity contribution is 0.244. The van der Waals surface area contributed by atoms with E-state index in [-0.39, 0.29) is 17.3 Å². The smallest absolute Gasteiger partial charge is 0.244 e. The summed E-state index contributed by atoms with van der Waals surface area (Å²) >= 11 is 0. The normalized spacial score (nSPS) is 23.9. The molecule has 0 aromatic carbocycles. The predicted molar refractivity (Wildman–Crippen MR) is 71.1 cm³/mol. The third-order valence-electron chi connectivity index (χ3n) is 3.94. The SMILES string of the molecule is Cc1oc(CO)cc1S(=O)(=O)NCC1CCCC1C. The van der Waals surface area contributed by atoms with Crippen LogP contribution in [0, 0.1) is 18.8 Å². The molecule has 108 valence electrons. The van der Waals surface area contributed by atoms with Crippen LogP contribution in [0.1, 0.15) is 37.7 Å². The van der Waals surface area contributed by atoms with Gasteiger partial charge in [0.25, 0.3) is 0 Å². The lowest BCUT2D eigenvalue weighted by atomic mass is 9.99. The molecule has 2 rings (SSSR count). The van der Waals surface area contributed by atoms with Crippen molar-refractivity contribution in [2.45, 2.75) is 44.6 Å². The molecule has 0 saturated heterocycles. The van der Waals surface area contributed by atoms with Crippen molar-refractivity contribution < 1.29 is 17.9 Å². The average molecular weight is 287 g/mol. The first-order valence-electron chi connectivity index (χ1n) is 6.64. The van der Waals surface area contributed by atoms with Gasteiger partial charge in [-0.3, -0.25) is 0 Å². The molecule has 0 bridgehead atoms. The third-order valence-corrected chi connectivity index (χ3v) is 5.47. The van der Waals surface area contributed by atoms with Crippen LogP contribution in [0.15, 0.2) is 15.4 Å². The molecule has 6 heteroatoms. The molecule has 2 atom stereocenters. The van der Waals surface area contributed by atoms with Crippen LogP contribution in [-0.4, -0.2) is 20.1 Å². The summed E-state index contributed by atoms with van der Waals surface area (Å²) in [6, 6.07) is 1.38. The second kappa shape index (κ2) is 5.64. The van der Waals surface area contributed by atoms with Crippen LogP contribution >= 0.6 is 0 Å². The van der Waals surface area contributed by atoms with Gasteiger partial charge in [-0.1, -0.05) is 19.8 Å². The highest BCUT2D eigenvalue weighted by atomic mass is 32.2. The maximum atomic E-state index is 12.2. The molecule has 2 N–H and O–H groups in total. The maximum absolute atomic E-state index is 12.2. The van der Waals surface area contributed by atoms with Gasteiger partial charge in [-0.2, -0.15) is 0 Å². The van der Waals surface area contributed by atoms with Crippen molar-refractivity contribution in [3.8, 4) is 0 Å². The molecule has 5 nitrogen and oxygen atoms in total. The molecule has 19 heavy (non-hydrogen) atoms. The van der Waals surface area contributed by atoms with E-state index in [0.717, 1.165) is 6.42 Å². The number of aryl methyl sites for hydroxylation is 1. The van der Waals surface area contributed by atoms with Crippen LogP contribution in [0.5, 0.6) is 0 Å². The molecular weight excluding hydrogens is 266 g/mol. The van der Waals surface area contributed by atoms with Crippen LogP contribution in [0.25, 0.3) is 0 Å². The molecule has 1 aromatic heterocycles. The molecule has 1 aromatic rings. The largest absolute Gasteiger partial charge is 0.462 e. The van der Waals surface area contributed by atoms with Gasteiger partial charge >= 0.3 is 0 Å². The molecule has 1 saturated carbocycles. The summed E-state index contributed by atoms with van der Waals surface area (Å²) in [7, 11) is -3.55. The Morgan fingerprint density at radius 3 is 2.74 bits per heavy atom. The van der Waals surface area contributed by atoms with Gasteiger partial charge in [0.05, 0.1) is 0 Å². The fourth-order valence-electron chi connectivity index (χ4n) is 2.69. The summed E-state index contributed by atoms with van der Waals surface area (Å²) in [6.45, 7) is 3.93. The minimum Gasteiger partial charge on any atom is -0.462 e. The number of hydrogen-bond acceptors (Lipinski definition) is 4. The predicted octanol–water partition coefficient (Wildman–Crippen LogP) is 1.79. The minimum absolute atomic E-state index is 0.127. The molecular formula is C13H21NO4S. The highest BCUT2D eigenvalue weighted by Crippen LogP contribution is 2.31. The summed E-state index contributed by atoms with van der Waals surface area (Å²) in [5.41, 5.74) is 0. The van der Waals surface area contributed by atoms with Gasteiger partial charge in [-0.05, 0) is 25.2 Å². The molecule has 2 unspecified atom stereocenters. The van der Waals surface area contributed by atoms with Crippen molar-refractivity contribution in [1.29, 1.82) is 0 Å². The van der Waals surface area contributed by atoms with Gasteiger partial charge in [-0.15, -0.1) is 0 Å². The molecule has 1 heterocycles. The van der Waals surface area contributed by atoms with Crippen LogP contribution in [0.3, 0.4) is 0 Å². The van der Waals surface area contributed by atoms with Crippen molar-refractivity contribution in [2.75, 3.05) is 6.54 Å². The van der Waals surface area contributed by atoms with E-state index in [4.69, 9.17) is 9.52 Å². The minimum atomic E-state index is -3.55. The maximum Gasteiger partial charge on any atom is 0.244 e. The second-order valence-electron chi connectivity index (χ2n) is 5.31. The van der Waals surface area contributed by atoms with Crippen LogP contribution in [0.4, 0.5) is 0 Å². The molecule has 1 aliphatic rings. The molecule has 1 aliphatic carbocycles. The number of nitrogens with one attached hydrogen (secondary N) is 1. The number of sulfonamides is 1. The van der Waals surface area contributed by atoms with Gasteiger partial charge < -0.3 is 9.52 Å². The van der Waals surface area contributed by atoms with Crippen LogP contribution < -0.4 is 4.72 Å². The number of hydrogen-bond donors (Lipinski definition) is 2. The highest BCUT2D eigenvalue weighted by molar-refractivity contribution is 7.89. The summed E-state index contributed by atoms with van der Waals surface area (Å²) in [4.78, 5) is 0.127. The quantitative estimate of drug-likeness (QED) is 0.865. The van der Waals surface area contributed by atoms with Gasteiger partial charge in [-0.25, -0.2) is 13.1 Å². The van der Waals surface area contributed by atoms with Crippen LogP contribution in [-0.2, 0) is 16.6 Å². The average Bonchev–Trinajstić information content (AvgIpc) is 2.93. The molecule has 1 fully saturated rings. The van der Waals surface area contributed by atoms with E-state index in [9.17, 15) is 8.42 Å². The van der Waals surface area contributed by atoms with Crippen molar-refractivity contribution in [3.05, 3.63) is 17.6 Å². The van der Waals surface area contributed by atoms with Gasteiger partial charge in [0, 0.05) is 12.6 Å². The first kappa shape index (κ1) is 14.6. The molecule has 0 radical (unpaired) electrons. The fourth-order valence-corrected chi connectivity index (χ4v) is 3.98. The summed E-state index contributed by atoms with van der Waals surface area (Å²) in [5.74, 6) is 1.57. The van der Waals surface area contributed by atoms with E-state index >= 15 is 0 Å². The Kier molecular flexibility index (Phi) is 4.32. The number of furan rings is 1. The number of aliphatic hydroxyl groups excluding tert-OH is 1. The zero-order valence-electron chi connectivity index (χ0n) is 11.3. The van der Waals surface area contributed by atoms with E-state index in [0.29, 0.717) is 24.1 Å². The van der Waals surface area contributed by atoms with Gasteiger partial charge in [0.15, 0.2) is 0 Å². The Labute approximate surface area is 114 Å². The Bertz CT molecular complexity index is 535. The Hall–Kier alpha value is -0.850. The van der Waals surface area contributed by atoms with E-state index in [2.05, 4.69) is 11.6 Å². The van der Waals surface area contributed by atoms with E-state index < -0.39 is 10.0 Å². The molecule has 0 amide bonds. The first-order valence-corrected chi connectivity index (χ1v) is 8.12. The highest BCUT2D eigenvalue weighted by Gasteiger charge is 2.27. The zero-order valence-corrected chi connectivity index (χ0v) is 12.2. The van der Waals surface area contributed by atoms with E-state index in [1.54, 1.807) is 6.92 Å². The van der Waals surface area contributed by atoms with Gasteiger partial charge in [0.2, 0.25) is 10.0 Å². The van der Waals surface area contributed by atoms with Crippen LogP contribution in [0.2, 0.25) is 0 Å².